The predicted molar refractivity (Wildman–Crippen MR) is 94.4 cm³/mol. The van der Waals surface area contributed by atoms with Gasteiger partial charge in [-0.1, -0.05) is 33.1 Å². The summed E-state index contributed by atoms with van der Waals surface area (Å²) in [5.74, 6) is 1.85. The van der Waals surface area contributed by atoms with Crippen LogP contribution in [0.1, 0.15) is 51.5 Å². The highest BCUT2D eigenvalue weighted by Gasteiger charge is 2.38. The van der Waals surface area contributed by atoms with Gasteiger partial charge in [-0.2, -0.15) is 0 Å². The average Bonchev–Trinajstić information content (AvgIpc) is 2.53. The summed E-state index contributed by atoms with van der Waals surface area (Å²) in [5, 5.41) is 0.526. The summed E-state index contributed by atoms with van der Waals surface area (Å²) >= 11 is 1.83. The van der Waals surface area contributed by atoms with Crippen molar-refractivity contribution in [3.8, 4) is 11.5 Å². The van der Waals surface area contributed by atoms with Gasteiger partial charge in [0.25, 0.3) is 0 Å². The minimum Gasteiger partial charge on any atom is -0.496 e. The normalized spacial score (nSPS) is 17.5. The smallest absolute Gasteiger partial charge is 0.127 e. The summed E-state index contributed by atoms with van der Waals surface area (Å²) in [4.78, 5) is 1.19. The summed E-state index contributed by atoms with van der Waals surface area (Å²) in [6.45, 7) is 5.04. The molecule has 0 amide bonds. The molecule has 1 aromatic carbocycles. The van der Waals surface area contributed by atoms with Crippen LogP contribution in [-0.2, 0) is 5.41 Å². The fourth-order valence-corrected chi connectivity index (χ4v) is 4.43. The van der Waals surface area contributed by atoms with E-state index in [4.69, 9.17) is 15.2 Å². The lowest BCUT2D eigenvalue weighted by molar-refractivity contribution is 0.274. The molecule has 0 atom stereocenters. The van der Waals surface area contributed by atoms with Gasteiger partial charge in [0.1, 0.15) is 11.5 Å². The molecule has 1 fully saturated rings. The molecule has 22 heavy (non-hydrogen) atoms. The molecule has 0 saturated heterocycles. The Kier molecular flexibility index (Phi) is 6.04. The number of ether oxygens (including phenoxy) is 2. The van der Waals surface area contributed by atoms with Crippen LogP contribution >= 0.6 is 11.8 Å². The molecule has 0 heterocycles. The Morgan fingerprint density at radius 3 is 2.05 bits per heavy atom. The van der Waals surface area contributed by atoms with Crippen molar-refractivity contribution in [1.29, 1.82) is 0 Å². The lowest BCUT2D eigenvalue weighted by Gasteiger charge is -2.38. The Hall–Kier alpha value is -0.870. The second-order valence-electron chi connectivity index (χ2n) is 6.41. The van der Waals surface area contributed by atoms with E-state index >= 15 is 0 Å². The summed E-state index contributed by atoms with van der Waals surface area (Å²) in [7, 11) is 3.49. The van der Waals surface area contributed by atoms with Gasteiger partial charge in [0.15, 0.2) is 0 Å². The minimum atomic E-state index is -0.00400. The molecule has 1 aliphatic rings. The van der Waals surface area contributed by atoms with Crippen molar-refractivity contribution in [2.24, 2.45) is 5.73 Å². The number of benzene rings is 1. The summed E-state index contributed by atoms with van der Waals surface area (Å²) < 4.78 is 11.5. The van der Waals surface area contributed by atoms with Gasteiger partial charge >= 0.3 is 0 Å². The van der Waals surface area contributed by atoms with E-state index in [2.05, 4.69) is 26.0 Å². The minimum absolute atomic E-state index is 0.00400. The second-order valence-corrected chi connectivity index (χ2v) is 8.06. The van der Waals surface area contributed by atoms with Crippen LogP contribution in [0.15, 0.2) is 17.0 Å². The number of rotatable bonds is 6. The van der Waals surface area contributed by atoms with Crippen LogP contribution in [0.4, 0.5) is 0 Å². The summed E-state index contributed by atoms with van der Waals surface area (Å²) in [5.41, 5.74) is 7.39. The maximum Gasteiger partial charge on any atom is 0.127 e. The first-order chi connectivity index (χ1) is 10.6. The zero-order valence-corrected chi connectivity index (χ0v) is 15.1. The molecular weight excluding hydrogens is 294 g/mol. The molecule has 0 aromatic heterocycles. The Morgan fingerprint density at radius 1 is 1.09 bits per heavy atom. The number of hydrogen-bond acceptors (Lipinski definition) is 4. The zero-order chi connectivity index (χ0) is 16.2. The van der Waals surface area contributed by atoms with E-state index < -0.39 is 0 Å². The molecule has 0 radical (unpaired) electrons. The highest BCUT2D eigenvalue weighted by molar-refractivity contribution is 7.99. The molecule has 1 aromatic rings. The van der Waals surface area contributed by atoms with E-state index in [-0.39, 0.29) is 5.41 Å². The van der Waals surface area contributed by atoms with Crippen molar-refractivity contribution >= 4 is 11.8 Å². The number of methoxy groups -OCH3 is 2. The fourth-order valence-electron chi connectivity index (χ4n) is 3.54. The predicted octanol–water partition coefficient (Wildman–Crippen LogP) is 4.36. The first kappa shape index (κ1) is 17.5. The van der Waals surface area contributed by atoms with E-state index in [9.17, 15) is 0 Å². The van der Waals surface area contributed by atoms with E-state index in [0.717, 1.165) is 24.3 Å². The Labute approximate surface area is 138 Å². The topological polar surface area (TPSA) is 44.5 Å². The molecule has 0 unspecified atom stereocenters. The van der Waals surface area contributed by atoms with Crippen LogP contribution in [-0.4, -0.2) is 26.0 Å². The van der Waals surface area contributed by atoms with Gasteiger partial charge in [-0.15, -0.1) is 11.8 Å². The van der Waals surface area contributed by atoms with Gasteiger partial charge < -0.3 is 15.2 Å². The van der Waals surface area contributed by atoms with E-state index in [0.29, 0.717) is 11.8 Å². The lowest BCUT2D eigenvalue weighted by atomic mass is 9.69. The molecule has 2 N–H and O–H groups in total. The van der Waals surface area contributed by atoms with Crippen LogP contribution in [0.5, 0.6) is 11.5 Å². The Balaban J connectivity index is 2.52. The van der Waals surface area contributed by atoms with Crippen LogP contribution in [0.25, 0.3) is 0 Å². The zero-order valence-electron chi connectivity index (χ0n) is 14.3. The van der Waals surface area contributed by atoms with Crippen molar-refractivity contribution < 1.29 is 9.47 Å². The standard InChI is InChI=1S/C18H29NO2S/c1-13(2)22-14-10-15(20-3)17(16(11-14)21-4)18(12-19)8-6-5-7-9-18/h10-11,13H,5-9,12,19H2,1-4H3. The summed E-state index contributed by atoms with van der Waals surface area (Å²) in [6, 6.07) is 4.29. The van der Waals surface area contributed by atoms with E-state index in [1.807, 2.05) is 11.8 Å². The largest absolute Gasteiger partial charge is 0.496 e. The molecule has 0 aliphatic heterocycles. The number of hydrogen-bond donors (Lipinski definition) is 1. The average molecular weight is 324 g/mol. The fraction of sp³-hybridized carbons (Fsp3) is 0.667. The van der Waals surface area contributed by atoms with Gasteiger partial charge in [-0.3, -0.25) is 0 Å². The van der Waals surface area contributed by atoms with Crippen LogP contribution in [0, 0.1) is 0 Å². The molecular formula is C18H29NO2S. The van der Waals surface area contributed by atoms with Crippen molar-refractivity contribution in [2.45, 2.75) is 61.5 Å². The van der Waals surface area contributed by atoms with Crippen molar-refractivity contribution in [3.05, 3.63) is 17.7 Å². The maximum atomic E-state index is 6.22. The van der Waals surface area contributed by atoms with Crippen molar-refractivity contribution in [3.63, 3.8) is 0 Å². The van der Waals surface area contributed by atoms with Gasteiger partial charge in [0.2, 0.25) is 0 Å². The van der Waals surface area contributed by atoms with E-state index in [1.54, 1.807) is 14.2 Å². The third-order valence-corrected chi connectivity index (χ3v) is 5.56. The Bertz CT molecular complexity index is 471. The third-order valence-electron chi connectivity index (χ3n) is 4.58. The molecule has 1 aliphatic carbocycles. The molecule has 4 heteroatoms. The SMILES string of the molecule is COc1cc(SC(C)C)cc(OC)c1C1(CN)CCCCC1. The quantitative estimate of drug-likeness (QED) is 0.790. The van der Waals surface area contributed by atoms with Gasteiger partial charge in [-0.05, 0) is 25.0 Å². The van der Waals surface area contributed by atoms with E-state index in [1.165, 1.54) is 29.7 Å². The van der Waals surface area contributed by atoms with Crippen molar-refractivity contribution in [2.75, 3.05) is 20.8 Å². The first-order valence-corrected chi connectivity index (χ1v) is 9.07. The number of thioether (sulfide) groups is 1. The first-order valence-electron chi connectivity index (χ1n) is 8.19. The monoisotopic (exact) mass is 323 g/mol. The van der Waals surface area contributed by atoms with Crippen LogP contribution in [0.3, 0.4) is 0 Å². The Morgan fingerprint density at radius 2 is 1.64 bits per heavy atom. The highest BCUT2D eigenvalue weighted by atomic mass is 32.2. The van der Waals surface area contributed by atoms with Crippen LogP contribution in [0.2, 0.25) is 0 Å². The third kappa shape index (κ3) is 3.54. The molecule has 2 rings (SSSR count). The molecule has 124 valence electrons. The second kappa shape index (κ2) is 7.60. The molecule has 3 nitrogen and oxygen atoms in total. The molecule has 0 spiro atoms. The van der Waals surface area contributed by atoms with Crippen LogP contribution < -0.4 is 15.2 Å². The maximum absolute atomic E-state index is 6.22. The highest BCUT2D eigenvalue weighted by Crippen LogP contribution is 2.48. The molecule has 1 saturated carbocycles. The van der Waals surface area contributed by atoms with Gasteiger partial charge in [0.05, 0.1) is 14.2 Å². The number of nitrogens with two attached hydrogens (primary N) is 1. The van der Waals surface area contributed by atoms with Crippen molar-refractivity contribution in [1.82, 2.24) is 0 Å². The van der Waals surface area contributed by atoms with Gasteiger partial charge in [0, 0.05) is 27.7 Å². The summed E-state index contributed by atoms with van der Waals surface area (Å²) in [6.07, 6.45) is 5.99. The lowest BCUT2D eigenvalue weighted by Crippen LogP contribution is -2.37. The van der Waals surface area contributed by atoms with Gasteiger partial charge in [-0.25, -0.2) is 0 Å². The molecule has 0 bridgehead atoms.